The average Bonchev–Trinajstić information content (AvgIpc) is 2.59. The molecule has 0 spiro atoms. The summed E-state index contributed by atoms with van der Waals surface area (Å²) in [5.41, 5.74) is 0.720. The molecule has 1 N–H and O–H groups in total. The van der Waals surface area contributed by atoms with E-state index in [1.54, 1.807) is 19.2 Å². The molecular weight excluding hydrogens is 320 g/mol. The standard InChI is InChI=1S/C20H26O5/c1-14(5-9-18(21)20(2,3)23-4)11-12-24-16-8-6-15-7-10-19(22)25-17(15)13-16/h6-8,10-11,13,18,21H,5,9,12H2,1-4H3/b14-11+. The molecule has 1 heterocycles. The smallest absolute Gasteiger partial charge is 0.336 e. The molecule has 1 aromatic carbocycles. The lowest BCUT2D eigenvalue weighted by Crippen LogP contribution is -2.37. The predicted octanol–water partition coefficient (Wildman–Crippen LogP) is 3.68. The number of rotatable bonds is 8. The molecule has 1 unspecified atom stereocenters. The Morgan fingerprint density at radius 2 is 2.04 bits per heavy atom. The summed E-state index contributed by atoms with van der Waals surface area (Å²) in [5, 5.41) is 11.0. The number of ether oxygens (including phenoxy) is 2. The normalized spacial score (nSPS) is 13.9. The maximum absolute atomic E-state index is 11.3. The summed E-state index contributed by atoms with van der Waals surface area (Å²) in [7, 11) is 1.60. The lowest BCUT2D eigenvalue weighted by atomic mass is 9.95. The van der Waals surface area contributed by atoms with Crippen molar-refractivity contribution in [1.29, 1.82) is 0 Å². The van der Waals surface area contributed by atoms with Crippen molar-refractivity contribution in [2.24, 2.45) is 0 Å². The summed E-state index contributed by atoms with van der Waals surface area (Å²) in [6, 6.07) is 8.53. The first-order valence-corrected chi connectivity index (χ1v) is 8.37. The van der Waals surface area contributed by atoms with E-state index in [0.29, 0.717) is 24.4 Å². The quantitative estimate of drug-likeness (QED) is 0.583. The minimum Gasteiger partial charge on any atom is -0.489 e. The minimum atomic E-state index is -0.550. The maximum atomic E-state index is 11.3. The number of benzene rings is 1. The van der Waals surface area contributed by atoms with Crippen LogP contribution >= 0.6 is 0 Å². The van der Waals surface area contributed by atoms with Crippen LogP contribution < -0.4 is 10.4 Å². The van der Waals surface area contributed by atoms with Crippen molar-refractivity contribution in [2.45, 2.75) is 45.3 Å². The molecule has 1 aromatic heterocycles. The van der Waals surface area contributed by atoms with Crippen LogP contribution in [0.2, 0.25) is 0 Å². The third kappa shape index (κ3) is 5.44. The SMILES string of the molecule is COC(C)(C)C(O)CC/C(C)=C/COc1ccc2ccc(=O)oc2c1. The molecule has 0 saturated carbocycles. The van der Waals surface area contributed by atoms with Gasteiger partial charge in [0.2, 0.25) is 0 Å². The van der Waals surface area contributed by atoms with Crippen molar-refractivity contribution in [3.8, 4) is 5.75 Å². The van der Waals surface area contributed by atoms with Crippen molar-refractivity contribution >= 4 is 11.0 Å². The van der Waals surface area contributed by atoms with Crippen LogP contribution in [0.15, 0.2) is 51.2 Å². The van der Waals surface area contributed by atoms with Crippen molar-refractivity contribution in [2.75, 3.05) is 13.7 Å². The Hall–Kier alpha value is -2.11. The van der Waals surface area contributed by atoms with E-state index < -0.39 is 11.7 Å². The Kier molecular flexibility index (Phi) is 6.39. The third-order valence-corrected chi connectivity index (χ3v) is 4.42. The highest BCUT2D eigenvalue weighted by Crippen LogP contribution is 2.21. The first kappa shape index (κ1) is 19.2. The molecule has 0 fully saturated rings. The summed E-state index contributed by atoms with van der Waals surface area (Å²) in [6.45, 7) is 6.17. The van der Waals surface area contributed by atoms with Gasteiger partial charge in [0.15, 0.2) is 0 Å². The van der Waals surface area contributed by atoms with E-state index in [2.05, 4.69) is 0 Å². The van der Waals surface area contributed by atoms with Crippen LogP contribution in [0.5, 0.6) is 5.75 Å². The summed E-state index contributed by atoms with van der Waals surface area (Å²) in [6.07, 6.45) is 2.86. The third-order valence-electron chi connectivity index (χ3n) is 4.42. The number of aliphatic hydroxyl groups is 1. The van der Waals surface area contributed by atoms with Gasteiger partial charge in [0, 0.05) is 24.6 Å². The largest absolute Gasteiger partial charge is 0.489 e. The second-order valence-corrected chi connectivity index (χ2v) is 6.68. The maximum Gasteiger partial charge on any atom is 0.336 e. The van der Waals surface area contributed by atoms with E-state index in [-0.39, 0.29) is 5.63 Å². The molecule has 0 aliphatic carbocycles. The van der Waals surface area contributed by atoms with Gasteiger partial charge in [0.05, 0.1) is 11.7 Å². The Morgan fingerprint density at radius 3 is 2.76 bits per heavy atom. The van der Waals surface area contributed by atoms with Crippen LogP contribution in [0, 0.1) is 0 Å². The van der Waals surface area contributed by atoms with Gasteiger partial charge in [0.25, 0.3) is 0 Å². The van der Waals surface area contributed by atoms with Crippen LogP contribution in [0.4, 0.5) is 0 Å². The molecule has 5 nitrogen and oxygen atoms in total. The molecule has 2 aromatic rings. The molecule has 2 rings (SSSR count). The van der Waals surface area contributed by atoms with Gasteiger partial charge in [-0.1, -0.05) is 5.57 Å². The second-order valence-electron chi connectivity index (χ2n) is 6.68. The van der Waals surface area contributed by atoms with Gasteiger partial charge in [-0.2, -0.15) is 0 Å². The first-order valence-electron chi connectivity index (χ1n) is 8.37. The second kappa shape index (κ2) is 8.32. The molecule has 0 bridgehead atoms. The molecule has 25 heavy (non-hydrogen) atoms. The van der Waals surface area contributed by atoms with E-state index in [9.17, 15) is 9.90 Å². The fourth-order valence-electron chi connectivity index (χ4n) is 2.36. The van der Waals surface area contributed by atoms with Gasteiger partial charge in [-0.25, -0.2) is 4.79 Å². The summed E-state index contributed by atoms with van der Waals surface area (Å²) < 4.78 is 16.1. The number of allylic oxidation sites excluding steroid dienone is 1. The Balaban J connectivity index is 1.88. The topological polar surface area (TPSA) is 68.9 Å². The number of aliphatic hydroxyl groups excluding tert-OH is 1. The van der Waals surface area contributed by atoms with E-state index >= 15 is 0 Å². The number of fused-ring (bicyclic) bond motifs is 1. The Labute approximate surface area is 147 Å². The zero-order chi connectivity index (χ0) is 18.4. The summed E-state index contributed by atoms with van der Waals surface area (Å²) in [4.78, 5) is 11.3. The number of methoxy groups -OCH3 is 1. The minimum absolute atomic E-state index is 0.377. The molecule has 1 atom stereocenters. The van der Waals surface area contributed by atoms with Gasteiger partial charge in [-0.15, -0.1) is 0 Å². The average molecular weight is 346 g/mol. The van der Waals surface area contributed by atoms with Crippen LogP contribution in [-0.2, 0) is 4.74 Å². The van der Waals surface area contributed by atoms with Crippen molar-refractivity contribution in [3.63, 3.8) is 0 Å². The molecular formula is C20H26O5. The van der Waals surface area contributed by atoms with E-state index in [1.807, 2.05) is 39.0 Å². The lowest BCUT2D eigenvalue weighted by molar-refractivity contribution is -0.0797. The number of hydrogen-bond donors (Lipinski definition) is 1. The fraction of sp³-hybridized carbons (Fsp3) is 0.450. The first-order chi connectivity index (χ1) is 11.8. The fourth-order valence-corrected chi connectivity index (χ4v) is 2.36. The molecule has 0 radical (unpaired) electrons. The van der Waals surface area contributed by atoms with Crippen LogP contribution in [0.25, 0.3) is 11.0 Å². The Morgan fingerprint density at radius 1 is 1.32 bits per heavy atom. The zero-order valence-corrected chi connectivity index (χ0v) is 15.2. The number of hydrogen-bond acceptors (Lipinski definition) is 5. The molecule has 136 valence electrons. The zero-order valence-electron chi connectivity index (χ0n) is 15.2. The highest BCUT2D eigenvalue weighted by molar-refractivity contribution is 5.77. The Bertz CT molecular complexity index is 788. The van der Waals surface area contributed by atoms with Gasteiger partial charge < -0.3 is 19.0 Å². The van der Waals surface area contributed by atoms with Crippen LogP contribution in [0.1, 0.15) is 33.6 Å². The van der Waals surface area contributed by atoms with Crippen molar-refractivity contribution in [3.05, 3.63) is 52.4 Å². The van der Waals surface area contributed by atoms with Gasteiger partial charge >= 0.3 is 5.63 Å². The molecule has 0 aliphatic heterocycles. The van der Waals surface area contributed by atoms with Crippen LogP contribution in [-0.4, -0.2) is 30.5 Å². The molecule has 0 amide bonds. The predicted molar refractivity (Wildman–Crippen MR) is 98.1 cm³/mol. The van der Waals surface area contributed by atoms with Gasteiger partial charge in [-0.3, -0.25) is 0 Å². The van der Waals surface area contributed by atoms with E-state index in [4.69, 9.17) is 13.9 Å². The van der Waals surface area contributed by atoms with E-state index in [1.165, 1.54) is 6.07 Å². The highest BCUT2D eigenvalue weighted by atomic mass is 16.5. The van der Waals surface area contributed by atoms with E-state index in [0.717, 1.165) is 17.4 Å². The lowest BCUT2D eigenvalue weighted by Gasteiger charge is -2.29. The van der Waals surface area contributed by atoms with Gasteiger partial charge in [0.1, 0.15) is 17.9 Å². The van der Waals surface area contributed by atoms with Crippen LogP contribution in [0.3, 0.4) is 0 Å². The monoisotopic (exact) mass is 346 g/mol. The highest BCUT2D eigenvalue weighted by Gasteiger charge is 2.26. The van der Waals surface area contributed by atoms with Crippen molar-refractivity contribution < 1.29 is 19.0 Å². The summed E-state index contributed by atoms with van der Waals surface area (Å²) in [5.74, 6) is 0.645. The molecule has 5 heteroatoms. The molecule has 0 saturated heterocycles. The van der Waals surface area contributed by atoms with Gasteiger partial charge in [-0.05, 0) is 57.9 Å². The molecule has 0 aliphatic rings. The summed E-state index contributed by atoms with van der Waals surface area (Å²) >= 11 is 0. The van der Waals surface area contributed by atoms with Crippen molar-refractivity contribution in [1.82, 2.24) is 0 Å².